The second-order valence-electron chi connectivity index (χ2n) is 4.31. The van der Waals surface area contributed by atoms with E-state index in [1.807, 2.05) is 26.1 Å². The van der Waals surface area contributed by atoms with E-state index in [0.717, 1.165) is 35.9 Å². The predicted octanol–water partition coefficient (Wildman–Crippen LogP) is 3.78. The molecular formula is C15H15F2NO. The van der Waals surface area contributed by atoms with Crippen molar-refractivity contribution in [3.8, 4) is 11.5 Å². The maximum atomic E-state index is 13.5. The molecule has 0 bridgehead atoms. The first-order valence-electron chi connectivity index (χ1n) is 5.97. The number of ether oxygens (including phenoxy) is 1. The molecule has 2 rings (SSSR count). The van der Waals surface area contributed by atoms with E-state index in [1.165, 1.54) is 0 Å². The van der Waals surface area contributed by atoms with Crippen LogP contribution in [0.5, 0.6) is 11.5 Å². The van der Waals surface area contributed by atoms with Gasteiger partial charge in [-0.05, 0) is 43.3 Å². The summed E-state index contributed by atoms with van der Waals surface area (Å²) in [5, 5.41) is 3.05. The zero-order valence-electron chi connectivity index (χ0n) is 10.8. The Balaban J connectivity index is 2.25. The molecule has 2 aromatic rings. The molecule has 0 aromatic heterocycles. The Bertz CT molecular complexity index is 584. The maximum Gasteiger partial charge on any atom is 0.165 e. The number of hydrogen-bond acceptors (Lipinski definition) is 2. The molecular weight excluding hydrogens is 248 g/mol. The number of aryl methyl sites for hydroxylation is 1. The van der Waals surface area contributed by atoms with Crippen molar-refractivity contribution in [1.82, 2.24) is 5.32 Å². The van der Waals surface area contributed by atoms with Crippen molar-refractivity contribution >= 4 is 0 Å². The van der Waals surface area contributed by atoms with E-state index < -0.39 is 11.6 Å². The molecule has 100 valence electrons. The van der Waals surface area contributed by atoms with Crippen molar-refractivity contribution in [3.05, 3.63) is 59.2 Å². The van der Waals surface area contributed by atoms with E-state index in [2.05, 4.69) is 5.32 Å². The highest BCUT2D eigenvalue weighted by molar-refractivity contribution is 5.40. The van der Waals surface area contributed by atoms with E-state index >= 15 is 0 Å². The SMILES string of the molecule is CNCc1ccc(Oc2cc(F)ccc2F)c(C)c1. The van der Waals surface area contributed by atoms with Gasteiger partial charge in [0.2, 0.25) is 0 Å². The molecule has 0 unspecified atom stereocenters. The number of rotatable bonds is 4. The minimum Gasteiger partial charge on any atom is -0.454 e. The molecule has 0 aliphatic rings. The average Bonchev–Trinajstić information content (AvgIpc) is 2.37. The summed E-state index contributed by atoms with van der Waals surface area (Å²) in [6.45, 7) is 2.61. The summed E-state index contributed by atoms with van der Waals surface area (Å²) >= 11 is 0. The van der Waals surface area contributed by atoms with Crippen LogP contribution in [0.25, 0.3) is 0 Å². The number of halogens is 2. The summed E-state index contributed by atoms with van der Waals surface area (Å²) in [4.78, 5) is 0. The molecule has 0 heterocycles. The maximum absolute atomic E-state index is 13.5. The second kappa shape index (κ2) is 5.80. The first-order chi connectivity index (χ1) is 9.10. The van der Waals surface area contributed by atoms with E-state index in [0.29, 0.717) is 5.75 Å². The number of benzene rings is 2. The van der Waals surface area contributed by atoms with Crippen LogP contribution in [0.15, 0.2) is 36.4 Å². The Morgan fingerprint density at radius 3 is 2.53 bits per heavy atom. The normalized spacial score (nSPS) is 10.5. The van der Waals surface area contributed by atoms with Crippen LogP contribution < -0.4 is 10.1 Å². The first kappa shape index (κ1) is 13.5. The molecule has 0 aliphatic heterocycles. The van der Waals surface area contributed by atoms with Crippen molar-refractivity contribution < 1.29 is 13.5 Å². The topological polar surface area (TPSA) is 21.3 Å². The van der Waals surface area contributed by atoms with Crippen molar-refractivity contribution in [2.45, 2.75) is 13.5 Å². The molecule has 0 spiro atoms. The van der Waals surface area contributed by atoms with Crippen LogP contribution in [0.1, 0.15) is 11.1 Å². The molecule has 0 fully saturated rings. The van der Waals surface area contributed by atoms with Gasteiger partial charge in [0, 0.05) is 12.6 Å². The van der Waals surface area contributed by atoms with Gasteiger partial charge in [-0.25, -0.2) is 8.78 Å². The molecule has 0 radical (unpaired) electrons. The third kappa shape index (κ3) is 3.29. The van der Waals surface area contributed by atoms with Gasteiger partial charge < -0.3 is 10.1 Å². The predicted molar refractivity (Wildman–Crippen MR) is 70.4 cm³/mol. The van der Waals surface area contributed by atoms with E-state index in [9.17, 15) is 8.78 Å². The molecule has 2 aromatic carbocycles. The summed E-state index contributed by atoms with van der Waals surface area (Å²) < 4.78 is 32.0. The molecule has 1 N–H and O–H groups in total. The summed E-state index contributed by atoms with van der Waals surface area (Å²) in [5.74, 6) is -0.699. The Morgan fingerprint density at radius 1 is 1.05 bits per heavy atom. The lowest BCUT2D eigenvalue weighted by atomic mass is 10.1. The average molecular weight is 263 g/mol. The molecule has 19 heavy (non-hydrogen) atoms. The smallest absolute Gasteiger partial charge is 0.165 e. The van der Waals surface area contributed by atoms with Crippen molar-refractivity contribution in [2.75, 3.05) is 7.05 Å². The monoisotopic (exact) mass is 263 g/mol. The minimum atomic E-state index is -0.583. The van der Waals surface area contributed by atoms with Gasteiger partial charge in [-0.1, -0.05) is 12.1 Å². The Morgan fingerprint density at radius 2 is 1.84 bits per heavy atom. The standard InChI is InChI=1S/C15H15F2NO/c1-10-7-11(9-18-2)3-6-14(10)19-15-8-12(16)4-5-13(15)17/h3-8,18H,9H2,1-2H3. The van der Waals surface area contributed by atoms with Gasteiger partial charge in [0.25, 0.3) is 0 Å². The lowest BCUT2D eigenvalue weighted by Gasteiger charge is -2.11. The van der Waals surface area contributed by atoms with Crippen LogP contribution in [0.4, 0.5) is 8.78 Å². The van der Waals surface area contributed by atoms with Crippen LogP contribution in [0.3, 0.4) is 0 Å². The van der Waals surface area contributed by atoms with Crippen molar-refractivity contribution in [1.29, 1.82) is 0 Å². The van der Waals surface area contributed by atoms with E-state index in [1.54, 1.807) is 6.07 Å². The molecule has 4 heteroatoms. The van der Waals surface area contributed by atoms with Crippen LogP contribution >= 0.6 is 0 Å². The zero-order chi connectivity index (χ0) is 13.8. The molecule has 2 nitrogen and oxygen atoms in total. The Kier molecular flexibility index (Phi) is 4.12. The van der Waals surface area contributed by atoms with Gasteiger partial charge >= 0.3 is 0 Å². The number of hydrogen-bond donors (Lipinski definition) is 1. The van der Waals surface area contributed by atoms with Crippen molar-refractivity contribution in [3.63, 3.8) is 0 Å². The summed E-state index contributed by atoms with van der Waals surface area (Å²) in [6, 6.07) is 8.74. The van der Waals surface area contributed by atoms with E-state index in [4.69, 9.17) is 4.74 Å². The highest BCUT2D eigenvalue weighted by atomic mass is 19.1. The first-order valence-corrected chi connectivity index (χ1v) is 5.97. The summed E-state index contributed by atoms with van der Waals surface area (Å²) in [7, 11) is 1.86. The molecule has 0 saturated heterocycles. The van der Waals surface area contributed by atoms with Gasteiger partial charge in [-0.15, -0.1) is 0 Å². The lowest BCUT2D eigenvalue weighted by Crippen LogP contribution is -2.05. The van der Waals surface area contributed by atoms with Gasteiger partial charge in [0.05, 0.1) is 0 Å². The quantitative estimate of drug-likeness (QED) is 0.906. The summed E-state index contributed by atoms with van der Waals surface area (Å²) in [5.41, 5.74) is 1.98. The second-order valence-corrected chi connectivity index (χ2v) is 4.31. The zero-order valence-corrected chi connectivity index (χ0v) is 10.8. The van der Waals surface area contributed by atoms with Gasteiger partial charge in [-0.3, -0.25) is 0 Å². The fourth-order valence-electron chi connectivity index (χ4n) is 1.81. The van der Waals surface area contributed by atoms with Gasteiger partial charge in [0.15, 0.2) is 11.6 Å². The molecule has 0 saturated carbocycles. The largest absolute Gasteiger partial charge is 0.454 e. The van der Waals surface area contributed by atoms with Gasteiger partial charge in [-0.2, -0.15) is 0 Å². The van der Waals surface area contributed by atoms with Crippen LogP contribution in [0.2, 0.25) is 0 Å². The third-order valence-electron chi connectivity index (χ3n) is 2.73. The fourth-order valence-corrected chi connectivity index (χ4v) is 1.81. The van der Waals surface area contributed by atoms with Crippen LogP contribution in [-0.2, 0) is 6.54 Å². The molecule has 0 aliphatic carbocycles. The Labute approximate surface area is 111 Å². The van der Waals surface area contributed by atoms with Crippen LogP contribution in [-0.4, -0.2) is 7.05 Å². The van der Waals surface area contributed by atoms with E-state index in [-0.39, 0.29) is 5.75 Å². The number of nitrogens with one attached hydrogen (secondary N) is 1. The van der Waals surface area contributed by atoms with Gasteiger partial charge in [0.1, 0.15) is 11.6 Å². The van der Waals surface area contributed by atoms with Crippen LogP contribution in [0, 0.1) is 18.6 Å². The third-order valence-corrected chi connectivity index (χ3v) is 2.73. The fraction of sp³-hybridized carbons (Fsp3) is 0.200. The molecule has 0 amide bonds. The molecule has 0 atom stereocenters. The Hall–Kier alpha value is -1.94. The highest BCUT2D eigenvalue weighted by Gasteiger charge is 2.08. The minimum absolute atomic E-state index is 0.107. The highest BCUT2D eigenvalue weighted by Crippen LogP contribution is 2.28. The van der Waals surface area contributed by atoms with Crippen molar-refractivity contribution in [2.24, 2.45) is 0 Å². The lowest BCUT2D eigenvalue weighted by molar-refractivity contribution is 0.434. The summed E-state index contributed by atoms with van der Waals surface area (Å²) in [6.07, 6.45) is 0.